The summed E-state index contributed by atoms with van der Waals surface area (Å²) in [5, 5.41) is 11.0. The Hall–Kier alpha value is -2.28. The number of nitrogens with zero attached hydrogens (tertiary/aromatic N) is 4. The number of hydrogen-bond donors (Lipinski definition) is 1. The second kappa shape index (κ2) is 5.79. The van der Waals surface area contributed by atoms with Crippen LogP contribution in [0.1, 0.15) is 0 Å². The maximum atomic E-state index is 12.8. The first kappa shape index (κ1) is 12.7. The summed E-state index contributed by atoms with van der Waals surface area (Å²) in [5.74, 6) is 0.874. The molecule has 2 heterocycles. The molecule has 0 amide bonds. The Labute approximate surface area is 115 Å². The lowest BCUT2D eigenvalue weighted by Crippen LogP contribution is -2.37. The SMILES string of the molecule is Fc1ccc(Nc2cnnc(N3CCOCC3)n2)cc1. The average Bonchev–Trinajstić information content (AvgIpc) is 2.51. The van der Waals surface area contributed by atoms with E-state index in [1.807, 2.05) is 4.90 Å². The molecule has 1 saturated heterocycles. The lowest BCUT2D eigenvalue weighted by Gasteiger charge is -2.26. The zero-order valence-electron chi connectivity index (χ0n) is 10.8. The van der Waals surface area contributed by atoms with E-state index < -0.39 is 0 Å². The molecule has 0 saturated carbocycles. The number of nitrogens with one attached hydrogen (secondary N) is 1. The van der Waals surface area contributed by atoms with Gasteiger partial charge in [-0.15, -0.1) is 5.10 Å². The Morgan fingerprint density at radius 2 is 1.90 bits per heavy atom. The molecule has 0 spiro atoms. The first-order chi connectivity index (χ1) is 9.81. The molecular weight excluding hydrogens is 261 g/mol. The molecule has 1 aliphatic rings. The van der Waals surface area contributed by atoms with E-state index in [4.69, 9.17) is 4.74 Å². The molecule has 1 aromatic carbocycles. The highest BCUT2D eigenvalue weighted by atomic mass is 19.1. The lowest BCUT2D eigenvalue weighted by atomic mass is 10.3. The monoisotopic (exact) mass is 275 g/mol. The predicted molar refractivity (Wildman–Crippen MR) is 72.5 cm³/mol. The summed E-state index contributed by atoms with van der Waals surface area (Å²) in [4.78, 5) is 6.43. The Morgan fingerprint density at radius 3 is 2.65 bits per heavy atom. The molecule has 1 fully saturated rings. The maximum Gasteiger partial charge on any atom is 0.247 e. The number of anilines is 3. The number of aromatic nitrogens is 3. The third-order valence-electron chi connectivity index (χ3n) is 2.96. The number of morpholine rings is 1. The van der Waals surface area contributed by atoms with Gasteiger partial charge in [0.1, 0.15) is 5.82 Å². The van der Waals surface area contributed by atoms with Gasteiger partial charge in [0.05, 0.1) is 19.4 Å². The van der Waals surface area contributed by atoms with Crippen molar-refractivity contribution >= 4 is 17.5 Å². The number of ether oxygens (including phenoxy) is 1. The molecule has 1 aromatic heterocycles. The van der Waals surface area contributed by atoms with E-state index in [-0.39, 0.29) is 5.82 Å². The average molecular weight is 275 g/mol. The van der Waals surface area contributed by atoms with Crippen molar-refractivity contribution in [1.82, 2.24) is 15.2 Å². The molecule has 20 heavy (non-hydrogen) atoms. The fourth-order valence-electron chi connectivity index (χ4n) is 1.93. The van der Waals surface area contributed by atoms with Crippen molar-refractivity contribution in [2.24, 2.45) is 0 Å². The Bertz CT molecular complexity index is 571. The Balaban J connectivity index is 1.75. The number of benzene rings is 1. The molecule has 0 unspecified atom stereocenters. The van der Waals surface area contributed by atoms with Gasteiger partial charge in [-0.1, -0.05) is 0 Å². The summed E-state index contributed by atoms with van der Waals surface area (Å²) < 4.78 is 18.1. The van der Waals surface area contributed by atoms with E-state index in [0.717, 1.165) is 18.8 Å². The molecule has 1 N–H and O–H groups in total. The van der Waals surface area contributed by atoms with E-state index in [1.54, 1.807) is 12.1 Å². The topological polar surface area (TPSA) is 63.2 Å². The minimum atomic E-state index is -0.273. The van der Waals surface area contributed by atoms with Crippen molar-refractivity contribution in [2.45, 2.75) is 0 Å². The largest absolute Gasteiger partial charge is 0.378 e. The standard InChI is InChI=1S/C13H14FN5O/c14-10-1-3-11(4-2-10)16-12-9-15-18-13(17-12)19-5-7-20-8-6-19/h1-4,9H,5-8H2,(H,16,17,18). The van der Waals surface area contributed by atoms with Crippen molar-refractivity contribution < 1.29 is 9.13 Å². The molecule has 1 aliphatic heterocycles. The summed E-state index contributed by atoms with van der Waals surface area (Å²) >= 11 is 0. The van der Waals surface area contributed by atoms with Crippen molar-refractivity contribution in [3.8, 4) is 0 Å². The fraction of sp³-hybridized carbons (Fsp3) is 0.308. The second-order valence-corrected chi connectivity index (χ2v) is 4.37. The van der Waals surface area contributed by atoms with Gasteiger partial charge < -0.3 is 15.0 Å². The van der Waals surface area contributed by atoms with E-state index >= 15 is 0 Å². The third kappa shape index (κ3) is 3.00. The van der Waals surface area contributed by atoms with Crippen LogP contribution in [0.25, 0.3) is 0 Å². The zero-order chi connectivity index (χ0) is 13.8. The molecule has 0 radical (unpaired) electrons. The van der Waals surface area contributed by atoms with Gasteiger partial charge in [-0.3, -0.25) is 0 Å². The lowest BCUT2D eigenvalue weighted by molar-refractivity contribution is 0.122. The van der Waals surface area contributed by atoms with E-state index in [0.29, 0.717) is 25.0 Å². The minimum absolute atomic E-state index is 0.273. The van der Waals surface area contributed by atoms with Crippen LogP contribution in [0.2, 0.25) is 0 Å². The molecule has 7 heteroatoms. The van der Waals surface area contributed by atoms with E-state index in [2.05, 4.69) is 20.5 Å². The highest BCUT2D eigenvalue weighted by Gasteiger charge is 2.14. The van der Waals surface area contributed by atoms with E-state index in [1.165, 1.54) is 18.3 Å². The van der Waals surface area contributed by atoms with Crippen LogP contribution in [0.5, 0.6) is 0 Å². The summed E-state index contributed by atoms with van der Waals surface area (Å²) in [6.45, 7) is 2.83. The summed E-state index contributed by atoms with van der Waals surface area (Å²) in [6.07, 6.45) is 1.54. The van der Waals surface area contributed by atoms with Crippen molar-refractivity contribution in [2.75, 3.05) is 36.5 Å². The van der Waals surface area contributed by atoms with Crippen LogP contribution in [0.3, 0.4) is 0 Å². The smallest absolute Gasteiger partial charge is 0.247 e. The second-order valence-electron chi connectivity index (χ2n) is 4.37. The van der Waals surface area contributed by atoms with Crippen LogP contribution in [-0.2, 0) is 4.74 Å². The normalized spacial score (nSPS) is 15.2. The summed E-state index contributed by atoms with van der Waals surface area (Å²) in [7, 11) is 0. The quantitative estimate of drug-likeness (QED) is 0.917. The molecule has 6 nitrogen and oxygen atoms in total. The van der Waals surface area contributed by atoms with Crippen molar-refractivity contribution in [3.05, 3.63) is 36.3 Å². The predicted octanol–water partition coefficient (Wildman–Crippen LogP) is 1.59. The van der Waals surface area contributed by atoms with Crippen LogP contribution < -0.4 is 10.2 Å². The molecule has 0 bridgehead atoms. The van der Waals surface area contributed by atoms with Gasteiger partial charge in [-0.2, -0.15) is 10.1 Å². The fourth-order valence-corrected chi connectivity index (χ4v) is 1.93. The molecule has 0 aliphatic carbocycles. The third-order valence-corrected chi connectivity index (χ3v) is 2.96. The summed E-state index contributed by atoms with van der Waals surface area (Å²) in [6, 6.07) is 6.07. The molecular formula is C13H14FN5O. The van der Waals surface area contributed by atoms with Gasteiger partial charge >= 0.3 is 0 Å². The number of hydrogen-bond acceptors (Lipinski definition) is 6. The van der Waals surface area contributed by atoms with Gasteiger partial charge in [0, 0.05) is 18.8 Å². The highest BCUT2D eigenvalue weighted by molar-refractivity contribution is 5.55. The van der Waals surface area contributed by atoms with Crippen molar-refractivity contribution in [3.63, 3.8) is 0 Å². The zero-order valence-corrected chi connectivity index (χ0v) is 10.8. The first-order valence-electron chi connectivity index (χ1n) is 6.36. The van der Waals surface area contributed by atoms with Gasteiger partial charge in [-0.25, -0.2) is 4.39 Å². The molecule has 104 valence electrons. The van der Waals surface area contributed by atoms with E-state index in [9.17, 15) is 4.39 Å². The van der Waals surface area contributed by atoms with Crippen LogP contribution in [0.15, 0.2) is 30.5 Å². The van der Waals surface area contributed by atoms with Crippen LogP contribution in [0, 0.1) is 5.82 Å². The van der Waals surface area contributed by atoms with Crippen molar-refractivity contribution in [1.29, 1.82) is 0 Å². The minimum Gasteiger partial charge on any atom is -0.378 e. The highest BCUT2D eigenvalue weighted by Crippen LogP contribution is 2.16. The van der Waals surface area contributed by atoms with Crippen LogP contribution in [-0.4, -0.2) is 41.5 Å². The van der Waals surface area contributed by atoms with Gasteiger partial charge in [0.15, 0.2) is 5.82 Å². The molecule has 3 rings (SSSR count). The Kier molecular flexibility index (Phi) is 3.69. The number of halogens is 1. The molecule has 2 aromatic rings. The van der Waals surface area contributed by atoms with Crippen LogP contribution in [0.4, 0.5) is 21.8 Å². The van der Waals surface area contributed by atoms with Gasteiger partial charge in [0.25, 0.3) is 0 Å². The van der Waals surface area contributed by atoms with Crippen LogP contribution >= 0.6 is 0 Å². The Morgan fingerprint density at radius 1 is 1.15 bits per heavy atom. The maximum absolute atomic E-state index is 12.8. The number of rotatable bonds is 3. The summed E-state index contributed by atoms with van der Waals surface area (Å²) in [5.41, 5.74) is 0.750. The van der Waals surface area contributed by atoms with Gasteiger partial charge in [0.2, 0.25) is 5.95 Å². The van der Waals surface area contributed by atoms with Gasteiger partial charge in [-0.05, 0) is 24.3 Å². The first-order valence-corrected chi connectivity index (χ1v) is 6.36. The molecule has 0 atom stereocenters.